The molecule has 2 heterocycles. The van der Waals surface area contributed by atoms with Crippen LogP contribution in [0.3, 0.4) is 0 Å². The van der Waals surface area contributed by atoms with Crippen LogP contribution in [0.15, 0.2) is 71.3 Å². The summed E-state index contributed by atoms with van der Waals surface area (Å²) in [5, 5.41) is 2.95. The summed E-state index contributed by atoms with van der Waals surface area (Å²) in [7, 11) is 0. The first-order valence-electron chi connectivity index (χ1n) is 9.69. The summed E-state index contributed by atoms with van der Waals surface area (Å²) in [6.45, 7) is 4.14. The average molecular weight is 389 g/mol. The minimum Gasteiger partial charge on any atom is -0.444 e. The molecule has 0 aliphatic carbocycles. The van der Waals surface area contributed by atoms with Gasteiger partial charge in [0, 0.05) is 5.56 Å². The van der Waals surface area contributed by atoms with E-state index in [0.717, 1.165) is 11.1 Å². The van der Waals surface area contributed by atoms with Crippen molar-refractivity contribution in [2.45, 2.75) is 32.4 Å². The van der Waals surface area contributed by atoms with Crippen molar-refractivity contribution in [2.75, 3.05) is 0 Å². The first-order chi connectivity index (χ1) is 14.0. The van der Waals surface area contributed by atoms with Crippen molar-refractivity contribution in [3.8, 4) is 11.5 Å². The van der Waals surface area contributed by atoms with Crippen LogP contribution in [0.25, 0.3) is 11.5 Å². The van der Waals surface area contributed by atoms with E-state index in [-0.39, 0.29) is 18.4 Å². The van der Waals surface area contributed by atoms with Gasteiger partial charge in [0.25, 0.3) is 5.91 Å². The molecule has 1 atom stereocenters. The van der Waals surface area contributed by atoms with Crippen LogP contribution < -0.4 is 5.32 Å². The lowest BCUT2D eigenvalue weighted by Gasteiger charge is -2.29. The molecule has 1 aliphatic heterocycles. The zero-order valence-corrected chi connectivity index (χ0v) is 16.5. The molecule has 148 valence electrons. The Hall–Kier alpha value is -3.41. The summed E-state index contributed by atoms with van der Waals surface area (Å²) in [5.74, 6) is 0.423. The van der Waals surface area contributed by atoms with Gasteiger partial charge in [-0.05, 0) is 30.0 Å². The predicted octanol–water partition coefficient (Wildman–Crippen LogP) is 4.34. The summed E-state index contributed by atoms with van der Waals surface area (Å²) in [5.41, 5.74) is 1.10. The Bertz CT molecular complexity index is 1010. The molecule has 1 aromatic heterocycles. The lowest BCUT2D eigenvalue weighted by Crippen LogP contribution is -2.45. The van der Waals surface area contributed by atoms with Gasteiger partial charge in [-0.2, -0.15) is 0 Å². The lowest BCUT2D eigenvalue weighted by atomic mass is 9.82. The maximum absolute atomic E-state index is 13.4. The minimum absolute atomic E-state index is 0.0632. The fourth-order valence-corrected chi connectivity index (χ4v) is 3.81. The van der Waals surface area contributed by atoms with Crippen molar-refractivity contribution >= 4 is 11.9 Å². The van der Waals surface area contributed by atoms with Crippen molar-refractivity contribution < 1.29 is 14.0 Å². The Morgan fingerprint density at radius 3 is 2.34 bits per heavy atom. The number of hydrogen-bond donors (Lipinski definition) is 1. The van der Waals surface area contributed by atoms with Gasteiger partial charge in [-0.1, -0.05) is 62.4 Å². The van der Waals surface area contributed by atoms with Gasteiger partial charge in [-0.15, -0.1) is 0 Å². The Balaban J connectivity index is 1.62. The Morgan fingerprint density at radius 1 is 1.03 bits per heavy atom. The van der Waals surface area contributed by atoms with Gasteiger partial charge in [0.05, 0.1) is 12.2 Å². The van der Waals surface area contributed by atoms with Crippen LogP contribution in [0, 0.1) is 5.92 Å². The number of carbonyl (C=O) groups excluding carboxylic acids is 2. The topological polar surface area (TPSA) is 75.4 Å². The molecule has 1 saturated heterocycles. The van der Waals surface area contributed by atoms with E-state index in [1.807, 2.05) is 74.5 Å². The van der Waals surface area contributed by atoms with Gasteiger partial charge in [0.15, 0.2) is 0 Å². The standard InChI is InChI=1S/C23H23N3O3/c1-16(2)13-23(18-11-7-4-8-12-18)21(27)26(22(28)25-23)14-19-15-29-20(24-19)17-9-5-3-6-10-17/h3-12,15-16H,13-14H2,1-2H3,(H,25,28)/t23-/m0/s1. The van der Waals surface area contributed by atoms with Crippen LogP contribution in [0.4, 0.5) is 4.79 Å². The number of amides is 3. The summed E-state index contributed by atoms with van der Waals surface area (Å²) in [6.07, 6.45) is 2.01. The zero-order valence-electron chi connectivity index (χ0n) is 16.5. The number of nitrogens with one attached hydrogen (secondary N) is 1. The van der Waals surface area contributed by atoms with Gasteiger partial charge in [-0.25, -0.2) is 9.78 Å². The van der Waals surface area contributed by atoms with Gasteiger partial charge in [0.1, 0.15) is 11.8 Å². The molecule has 6 nitrogen and oxygen atoms in total. The van der Waals surface area contributed by atoms with E-state index in [1.165, 1.54) is 11.2 Å². The lowest BCUT2D eigenvalue weighted by molar-refractivity contribution is -0.132. The highest BCUT2D eigenvalue weighted by molar-refractivity contribution is 6.07. The van der Waals surface area contributed by atoms with Gasteiger partial charge in [-0.3, -0.25) is 9.69 Å². The number of oxazole rings is 1. The van der Waals surface area contributed by atoms with E-state index in [1.54, 1.807) is 0 Å². The second kappa shape index (κ2) is 7.54. The van der Waals surface area contributed by atoms with Crippen LogP contribution in [0.1, 0.15) is 31.5 Å². The Kier molecular flexibility index (Phi) is 4.92. The van der Waals surface area contributed by atoms with Crippen LogP contribution in [-0.2, 0) is 16.9 Å². The number of urea groups is 1. The first-order valence-corrected chi connectivity index (χ1v) is 9.69. The number of aromatic nitrogens is 1. The molecule has 3 amide bonds. The normalized spacial score (nSPS) is 19.1. The molecular formula is C23H23N3O3. The summed E-state index contributed by atoms with van der Waals surface area (Å²) in [6, 6.07) is 18.5. The second-order valence-electron chi connectivity index (χ2n) is 7.70. The maximum Gasteiger partial charge on any atom is 0.325 e. The molecule has 2 aromatic carbocycles. The highest BCUT2D eigenvalue weighted by atomic mass is 16.3. The van der Waals surface area contributed by atoms with Gasteiger partial charge in [0.2, 0.25) is 5.89 Å². The fourth-order valence-electron chi connectivity index (χ4n) is 3.81. The average Bonchev–Trinajstić information content (AvgIpc) is 3.28. The molecule has 0 spiro atoms. The van der Waals surface area contributed by atoms with E-state index >= 15 is 0 Å². The SMILES string of the molecule is CC(C)C[C@@]1(c2ccccc2)NC(=O)N(Cc2coc(-c3ccccc3)n2)C1=O. The van der Waals surface area contributed by atoms with Gasteiger partial charge < -0.3 is 9.73 Å². The van der Waals surface area contributed by atoms with Crippen molar-refractivity contribution in [1.29, 1.82) is 0 Å². The molecule has 4 rings (SSSR count). The van der Waals surface area contributed by atoms with Crippen LogP contribution in [0.5, 0.6) is 0 Å². The number of hydrogen-bond acceptors (Lipinski definition) is 4. The van der Waals surface area contributed by atoms with Gasteiger partial charge >= 0.3 is 6.03 Å². The van der Waals surface area contributed by atoms with E-state index in [4.69, 9.17) is 4.42 Å². The number of rotatable bonds is 6. The number of carbonyl (C=O) groups is 2. The summed E-state index contributed by atoms with van der Waals surface area (Å²) >= 11 is 0. The van der Waals surface area contributed by atoms with Crippen molar-refractivity contribution in [2.24, 2.45) is 5.92 Å². The zero-order chi connectivity index (χ0) is 20.4. The number of benzene rings is 2. The molecule has 0 unspecified atom stereocenters. The molecule has 3 aromatic rings. The largest absolute Gasteiger partial charge is 0.444 e. The highest BCUT2D eigenvalue weighted by Gasteiger charge is 2.52. The smallest absolute Gasteiger partial charge is 0.325 e. The van der Waals surface area contributed by atoms with Crippen LogP contribution in [-0.4, -0.2) is 21.8 Å². The molecule has 1 aliphatic rings. The quantitative estimate of drug-likeness (QED) is 0.637. The third kappa shape index (κ3) is 3.53. The van der Waals surface area contributed by atoms with Crippen LogP contribution in [0.2, 0.25) is 0 Å². The van der Waals surface area contributed by atoms with E-state index in [2.05, 4.69) is 10.3 Å². The molecule has 0 saturated carbocycles. The number of nitrogens with zero attached hydrogens (tertiary/aromatic N) is 2. The Morgan fingerprint density at radius 2 is 1.69 bits per heavy atom. The van der Waals surface area contributed by atoms with Crippen molar-refractivity contribution in [1.82, 2.24) is 15.2 Å². The van der Waals surface area contributed by atoms with Crippen molar-refractivity contribution in [3.05, 3.63) is 78.2 Å². The predicted molar refractivity (Wildman–Crippen MR) is 109 cm³/mol. The molecule has 0 bridgehead atoms. The Labute approximate surface area is 169 Å². The molecule has 0 radical (unpaired) electrons. The second-order valence-corrected chi connectivity index (χ2v) is 7.70. The maximum atomic E-state index is 13.4. The molecule has 1 fully saturated rings. The van der Waals surface area contributed by atoms with E-state index in [9.17, 15) is 9.59 Å². The van der Waals surface area contributed by atoms with Crippen molar-refractivity contribution in [3.63, 3.8) is 0 Å². The van der Waals surface area contributed by atoms with Crippen LogP contribution >= 0.6 is 0 Å². The van der Waals surface area contributed by atoms with E-state index in [0.29, 0.717) is 18.0 Å². The molecule has 1 N–H and O–H groups in total. The first kappa shape index (κ1) is 18.9. The minimum atomic E-state index is -1.06. The third-order valence-corrected chi connectivity index (χ3v) is 5.05. The molecule has 6 heteroatoms. The highest BCUT2D eigenvalue weighted by Crippen LogP contribution is 2.36. The summed E-state index contributed by atoms with van der Waals surface area (Å²) in [4.78, 5) is 31.9. The molecular weight excluding hydrogens is 366 g/mol. The summed E-state index contributed by atoms with van der Waals surface area (Å²) < 4.78 is 5.55. The fraction of sp³-hybridized carbons (Fsp3) is 0.261. The van der Waals surface area contributed by atoms with E-state index < -0.39 is 11.6 Å². The third-order valence-electron chi connectivity index (χ3n) is 5.05. The monoisotopic (exact) mass is 389 g/mol. The molecule has 29 heavy (non-hydrogen) atoms. The number of imide groups is 1.